The molecule has 0 radical (unpaired) electrons. The van der Waals surface area contributed by atoms with Crippen LogP contribution in [-0.4, -0.2) is 15.3 Å². The van der Waals surface area contributed by atoms with Crippen molar-refractivity contribution in [1.82, 2.24) is 15.3 Å². The molecule has 0 bridgehead atoms. The van der Waals surface area contributed by atoms with Gasteiger partial charge in [-0.2, -0.15) is 4.98 Å². The molecular weight excluding hydrogens is 230 g/mol. The average molecular weight is 247 g/mol. The van der Waals surface area contributed by atoms with E-state index in [-0.39, 0.29) is 0 Å². The van der Waals surface area contributed by atoms with E-state index in [0.29, 0.717) is 11.7 Å². The summed E-state index contributed by atoms with van der Waals surface area (Å²) in [5, 5.41) is 7.99. The van der Waals surface area contributed by atoms with Gasteiger partial charge >= 0.3 is 0 Å². The second kappa shape index (κ2) is 4.55. The predicted octanol–water partition coefficient (Wildman–Crippen LogP) is 3.39. The predicted molar refractivity (Wildman–Crippen MR) is 65.1 cm³/mol. The largest absolute Gasteiger partial charge is 0.361 e. The van der Waals surface area contributed by atoms with Crippen LogP contribution in [0.3, 0.4) is 0 Å². The van der Waals surface area contributed by atoms with Crippen LogP contribution in [0.4, 0.5) is 0 Å². The first-order valence-corrected chi connectivity index (χ1v) is 6.52. The molecule has 2 aromatic rings. The first kappa shape index (κ1) is 11.4. The van der Waals surface area contributed by atoms with Crippen LogP contribution in [0, 0.1) is 13.8 Å². The molecule has 1 saturated carbocycles. The zero-order chi connectivity index (χ0) is 12.5. The van der Waals surface area contributed by atoms with E-state index in [2.05, 4.69) is 15.3 Å². The molecule has 3 rings (SSSR count). The highest BCUT2D eigenvalue weighted by atomic mass is 16.5. The fourth-order valence-corrected chi connectivity index (χ4v) is 2.65. The summed E-state index contributed by atoms with van der Waals surface area (Å²) in [4.78, 5) is 4.52. The van der Waals surface area contributed by atoms with E-state index in [9.17, 15) is 0 Å². The van der Waals surface area contributed by atoms with Gasteiger partial charge in [-0.15, -0.1) is 0 Å². The van der Waals surface area contributed by atoms with Crippen molar-refractivity contribution >= 4 is 0 Å². The number of nitrogens with zero attached hydrogens (tertiary/aromatic N) is 3. The summed E-state index contributed by atoms with van der Waals surface area (Å²) >= 11 is 0. The van der Waals surface area contributed by atoms with Gasteiger partial charge in [-0.05, 0) is 26.7 Å². The molecule has 0 saturated heterocycles. The Hall–Kier alpha value is -1.65. The van der Waals surface area contributed by atoms with Crippen LogP contribution >= 0.6 is 0 Å². The number of hydrogen-bond acceptors (Lipinski definition) is 5. The lowest BCUT2D eigenvalue weighted by atomic mass is 9.89. The van der Waals surface area contributed by atoms with Crippen LogP contribution < -0.4 is 0 Å². The van der Waals surface area contributed by atoms with Crippen molar-refractivity contribution < 1.29 is 9.05 Å². The molecule has 1 aliphatic carbocycles. The Balaban J connectivity index is 1.89. The number of rotatable bonds is 2. The molecule has 1 fully saturated rings. The third kappa shape index (κ3) is 1.94. The summed E-state index contributed by atoms with van der Waals surface area (Å²) in [5.41, 5.74) is 1.67. The standard InChI is InChI=1S/C13H17N3O2/c1-8-11(9(2)17-15-8)12-14-13(18-16-12)10-6-4-3-5-7-10/h10H,3-7H2,1-2H3. The van der Waals surface area contributed by atoms with Gasteiger partial charge in [0, 0.05) is 5.92 Å². The maximum Gasteiger partial charge on any atom is 0.230 e. The van der Waals surface area contributed by atoms with Crippen LogP contribution in [0.2, 0.25) is 0 Å². The topological polar surface area (TPSA) is 65.0 Å². The number of aryl methyl sites for hydroxylation is 2. The quantitative estimate of drug-likeness (QED) is 0.813. The molecule has 96 valence electrons. The normalized spacial score (nSPS) is 17.2. The summed E-state index contributed by atoms with van der Waals surface area (Å²) in [6.07, 6.45) is 6.15. The molecule has 0 unspecified atom stereocenters. The third-order valence-electron chi connectivity index (χ3n) is 3.65. The molecule has 0 aliphatic heterocycles. The van der Waals surface area contributed by atoms with Gasteiger partial charge in [0.2, 0.25) is 11.7 Å². The lowest BCUT2D eigenvalue weighted by molar-refractivity contribution is 0.314. The van der Waals surface area contributed by atoms with Crippen molar-refractivity contribution in [3.8, 4) is 11.4 Å². The van der Waals surface area contributed by atoms with E-state index < -0.39 is 0 Å². The minimum atomic E-state index is 0.431. The van der Waals surface area contributed by atoms with E-state index in [1.165, 1.54) is 19.3 Å². The number of hydrogen-bond donors (Lipinski definition) is 0. The van der Waals surface area contributed by atoms with Gasteiger partial charge in [-0.25, -0.2) is 0 Å². The molecule has 5 nitrogen and oxygen atoms in total. The number of aromatic nitrogens is 3. The van der Waals surface area contributed by atoms with Gasteiger partial charge in [0.1, 0.15) is 5.76 Å². The summed E-state index contributed by atoms with van der Waals surface area (Å²) in [6.45, 7) is 3.76. The Kier molecular flexibility index (Phi) is 2.89. The van der Waals surface area contributed by atoms with Gasteiger partial charge < -0.3 is 9.05 Å². The molecule has 0 amide bonds. The minimum Gasteiger partial charge on any atom is -0.361 e. The van der Waals surface area contributed by atoms with Crippen molar-refractivity contribution in [2.45, 2.75) is 51.9 Å². The molecule has 0 N–H and O–H groups in total. The molecular formula is C13H17N3O2. The maximum atomic E-state index is 5.41. The van der Waals surface area contributed by atoms with Crippen molar-refractivity contribution in [2.75, 3.05) is 0 Å². The summed E-state index contributed by atoms with van der Waals surface area (Å²) in [5.74, 6) is 2.54. The van der Waals surface area contributed by atoms with E-state index in [1.54, 1.807) is 0 Å². The molecule has 2 heterocycles. The maximum absolute atomic E-state index is 5.41. The summed E-state index contributed by atoms with van der Waals surface area (Å²) < 4.78 is 10.5. The molecule has 18 heavy (non-hydrogen) atoms. The monoisotopic (exact) mass is 247 g/mol. The van der Waals surface area contributed by atoms with Gasteiger partial charge in [-0.3, -0.25) is 0 Å². The summed E-state index contributed by atoms with van der Waals surface area (Å²) in [7, 11) is 0. The van der Waals surface area contributed by atoms with E-state index in [1.807, 2.05) is 13.8 Å². The third-order valence-corrected chi connectivity index (χ3v) is 3.65. The first-order chi connectivity index (χ1) is 8.75. The minimum absolute atomic E-state index is 0.431. The fraction of sp³-hybridized carbons (Fsp3) is 0.615. The highest BCUT2D eigenvalue weighted by Crippen LogP contribution is 2.33. The van der Waals surface area contributed by atoms with Crippen LogP contribution in [0.5, 0.6) is 0 Å². The Morgan fingerprint density at radius 2 is 1.78 bits per heavy atom. The zero-order valence-electron chi connectivity index (χ0n) is 10.8. The van der Waals surface area contributed by atoms with Gasteiger partial charge in [0.25, 0.3) is 0 Å². The van der Waals surface area contributed by atoms with E-state index >= 15 is 0 Å². The SMILES string of the molecule is Cc1noc(C)c1-c1noc(C2CCCCC2)n1. The van der Waals surface area contributed by atoms with E-state index in [4.69, 9.17) is 9.05 Å². The van der Waals surface area contributed by atoms with Crippen LogP contribution in [0.15, 0.2) is 9.05 Å². The van der Waals surface area contributed by atoms with Gasteiger partial charge in [0.15, 0.2) is 0 Å². The van der Waals surface area contributed by atoms with Crippen molar-refractivity contribution in [3.63, 3.8) is 0 Å². The lowest BCUT2D eigenvalue weighted by Crippen LogP contribution is -2.04. The molecule has 1 aliphatic rings. The van der Waals surface area contributed by atoms with Gasteiger partial charge in [-0.1, -0.05) is 29.6 Å². The molecule has 0 aromatic carbocycles. The van der Waals surface area contributed by atoms with Crippen molar-refractivity contribution in [2.24, 2.45) is 0 Å². The van der Waals surface area contributed by atoms with Crippen LogP contribution in [0.1, 0.15) is 55.4 Å². The molecule has 0 spiro atoms. The highest BCUT2D eigenvalue weighted by molar-refractivity contribution is 5.59. The van der Waals surface area contributed by atoms with E-state index in [0.717, 1.165) is 35.7 Å². The second-order valence-electron chi connectivity index (χ2n) is 4.99. The van der Waals surface area contributed by atoms with Crippen LogP contribution in [-0.2, 0) is 0 Å². The Morgan fingerprint density at radius 1 is 1.00 bits per heavy atom. The second-order valence-corrected chi connectivity index (χ2v) is 4.99. The average Bonchev–Trinajstić information content (AvgIpc) is 2.98. The smallest absolute Gasteiger partial charge is 0.230 e. The van der Waals surface area contributed by atoms with Crippen molar-refractivity contribution in [1.29, 1.82) is 0 Å². The Labute approximate surface area is 106 Å². The zero-order valence-corrected chi connectivity index (χ0v) is 10.8. The first-order valence-electron chi connectivity index (χ1n) is 6.52. The lowest BCUT2D eigenvalue weighted by Gasteiger charge is -2.17. The molecule has 0 atom stereocenters. The molecule has 5 heteroatoms. The van der Waals surface area contributed by atoms with Crippen molar-refractivity contribution in [3.05, 3.63) is 17.3 Å². The van der Waals surface area contributed by atoms with Crippen LogP contribution in [0.25, 0.3) is 11.4 Å². The Morgan fingerprint density at radius 3 is 2.44 bits per heavy atom. The Bertz CT molecular complexity index is 519. The fourth-order valence-electron chi connectivity index (χ4n) is 2.65. The molecule has 2 aromatic heterocycles. The summed E-state index contributed by atoms with van der Waals surface area (Å²) in [6, 6.07) is 0. The highest BCUT2D eigenvalue weighted by Gasteiger charge is 2.24. The van der Waals surface area contributed by atoms with Gasteiger partial charge in [0.05, 0.1) is 11.3 Å².